The molecule has 5 nitrogen and oxygen atoms in total. The highest BCUT2D eigenvalue weighted by atomic mass is 35.5. The molecule has 2 aromatic rings. The van der Waals surface area contributed by atoms with Gasteiger partial charge in [-0.3, -0.25) is 4.79 Å². The summed E-state index contributed by atoms with van der Waals surface area (Å²) in [6.07, 6.45) is 0. The molecule has 0 aromatic heterocycles. The Bertz CT molecular complexity index is 804. The molecule has 0 atom stereocenters. The van der Waals surface area contributed by atoms with Crippen LogP contribution in [0.25, 0.3) is 0 Å². The van der Waals surface area contributed by atoms with Crippen LogP contribution in [0.15, 0.2) is 30.3 Å². The summed E-state index contributed by atoms with van der Waals surface area (Å²) in [6.45, 7) is 10.2. The molecule has 0 unspecified atom stereocenters. The van der Waals surface area contributed by atoms with Crippen molar-refractivity contribution in [2.45, 2.75) is 27.7 Å². The Balaban J connectivity index is 2.03. The van der Waals surface area contributed by atoms with Crippen molar-refractivity contribution in [2.75, 3.05) is 42.3 Å². The van der Waals surface area contributed by atoms with E-state index in [1.54, 1.807) is 13.2 Å². The van der Waals surface area contributed by atoms with E-state index in [0.29, 0.717) is 10.8 Å². The number of halogens is 1. The molecule has 0 aliphatic heterocycles. The van der Waals surface area contributed by atoms with Gasteiger partial charge in [0, 0.05) is 35.6 Å². The predicted octanol–water partition coefficient (Wildman–Crippen LogP) is 4.86. The van der Waals surface area contributed by atoms with Crippen molar-refractivity contribution in [2.24, 2.45) is 0 Å². The van der Waals surface area contributed by atoms with Gasteiger partial charge in [-0.2, -0.15) is 0 Å². The Hall–Kier alpha value is -2.40. The number of amides is 1. The van der Waals surface area contributed by atoms with Crippen LogP contribution in [0.5, 0.6) is 5.75 Å². The lowest BCUT2D eigenvalue weighted by molar-refractivity contribution is -0.114. The lowest BCUT2D eigenvalue weighted by Crippen LogP contribution is -2.23. The summed E-state index contributed by atoms with van der Waals surface area (Å²) in [5.41, 5.74) is 4.67. The first-order chi connectivity index (χ1) is 12.9. The number of nitrogens with zero attached hydrogens (tertiary/aromatic N) is 1. The topological polar surface area (TPSA) is 53.6 Å². The maximum atomic E-state index is 12.4. The van der Waals surface area contributed by atoms with E-state index in [1.165, 1.54) is 0 Å². The van der Waals surface area contributed by atoms with Crippen LogP contribution < -0.4 is 20.3 Å². The lowest BCUT2D eigenvalue weighted by atomic mass is 10.1. The second-order valence-electron chi connectivity index (χ2n) is 6.37. The number of carbonyl (C=O) groups excluding carboxylic acids is 1. The Morgan fingerprint density at radius 1 is 1.07 bits per heavy atom. The number of hydrogen-bond acceptors (Lipinski definition) is 4. The van der Waals surface area contributed by atoms with Gasteiger partial charge in [0.05, 0.1) is 19.3 Å². The summed E-state index contributed by atoms with van der Waals surface area (Å²) < 4.78 is 5.32. The van der Waals surface area contributed by atoms with Gasteiger partial charge in [0.1, 0.15) is 5.75 Å². The number of carbonyl (C=O) groups is 1. The van der Waals surface area contributed by atoms with Crippen LogP contribution in [-0.2, 0) is 4.79 Å². The van der Waals surface area contributed by atoms with Crippen LogP contribution in [0, 0.1) is 13.8 Å². The predicted molar refractivity (Wildman–Crippen MR) is 115 cm³/mol. The van der Waals surface area contributed by atoms with Gasteiger partial charge in [-0.15, -0.1) is 0 Å². The number of anilines is 3. The average molecular weight is 390 g/mol. The molecule has 2 rings (SSSR count). The fourth-order valence-electron chi connectivity index (χ4n) is 2.91. The van der Waals surface area contributed by atoms with Gasteiger partial charge in [-0.1, -0.05) is 11.6 Å². The molecule has 0 radical (unpaired) electrons. The van der Waals surface area contributed by atoms with Gasteiger partial charge in [0.2, 0.25) is 5.91 Å². The van der Waals surface area contributed by atoms with E-state index in [-0.39, 0.29) is 12.5 Å². The van der Waals surface area contributed by atoms with Gasteiger partial charge in [0.25, 0.3) is 0 Å². The summed E-state index contributed by atoms with van der Waals surface area (Å²) in [6, 6.07) is 9.70. The summed E-state index contributed by atoms with van der Waals surface area (Å²) in [7, 11) is 1.58. The molecule has 2 N–H and O–H groups in total. The molecule has 0 bridgehead atoms. The van der Waals surface area contributed by atoms with Crippen molar-refractivity contribution >= 4 is 34.6 Å². The molecule has 1 amide bonds. The van der Waals surface area contributed by atoms with E-state index in [4.69, 9.17) is 16.3 Å². The summed E-state index contributed by atoms with van der Waals surface area (Å²) in [5, 5.41) is 6.71. The van der Waals surface area contributed by atoms with Crippen LogP contribution >= 0.6 is 11.6 Å². The van der Waals surface area contributed by atoms with E-state index >= 15 is 0 Å². The van der Waals surface area contributed by atoms with E-state index in [0.717, 1.165) is 41.3 Å². The maximum Gasteiger partial charge on any atom is 0.243 e. The molecule has 2 aromatic carbocycles. The normalized spacial score (nSPS) is 10.4. The van der Waals surface area contributed by atoms with Gasteiger partial charge < -0.3 is 20.3 Å². The van der Waals surface area contributed by atoms with Crippen molar-refractivity contribution in [3.63, 3.8) is 0 Å². The highest BCUT2D eigenvalue weighted by molar-refractivity contribution is 6.31. The third kappa shape index (κ3) is 5.30. The summed E-state index contributed by atoms with van der Waals surface area (Å²) >= 11 is 6.12. The molecule has 27 heavy (non-hydrogen) atoms. The number of rotatable bonds is 8. The van der Waals surface area contributed by atoms with E-state index < -0.39 is 0 Å². The number of methoxy groups -OCH3 is 1. The molecule has 0 aliphatic carbocycles. The largest absolute Gasteiger partial charge is 0.495 e. The SMILES string of the molecule is CCN(CC)c1ccc(NC(=O)CNc2cc(C)c(Cl)cc2OC)c(C)c1. The number of aryl methyl sites for hydroxylation is 2. The first kappa shape index (κ1) is 20.9. The minimum Gasteiger partial charge on any atom is -0.495 e. The van der Waals surface area contributed by atoms with Crippen LogP contribution in [0.2, 0.25) is 5.02 Å². The fourth-order valence-corrected chi connectivity index (χ4v) is 3.07. The number of ether oxygens (including phenoxy) is 1. The first-order valence-corrected chi connectivity index (χ1v) is 9.50. The number of nitrogens with one attached hydrogen (secondary N) is 2. The third-order valence-corrected chi connectivity index (χ3v) is 4.94. The monoisotopic (exact) mass is 389 g/mol. The third-order valence-electron chi connectivity index (χ3n) is 4.53. The standard InChI is InChI=1S/C21H28ClN3O2/c1-6-25(7-2)16-8-9-18(15(4)10-16)24-21(26)13-23-19-11-14(3)17(22)12-20(19)27-5/h8-12,23H,6-7,13H2,1-5H3,(H,24,26). The Kier molecular flexibility index (Phi) is 7.36. The summed E-state index contributed by atoms with van der Waals surface area (Å²) in [4.78, 5) is 14.6. The van der Waals surface area contributed by atoms with Gasteiger partial charge >= 0.3 is 0 Å². The zero-order valence-electron chi connectivity index (χ0n) is 16.6. The Labute approximate surface area is 166 Å². The molecule has 0 saturated heterocycles. The highest BCUT2D eigenvalue weighted by Crippen LogP contribution is 2.30. The minimum absolute atomic E-state index is 0.122. The zero-order chi connectivity index (χ0) is 20.0. The smallest absolute Gasteiger partial charge is 0.243 e. The van der Waals surface area contributed by atoms with Crippen molar-refractivity contribution in [3.05, 3.63) is 46.5 Å². The van der Waals surface area contributed by atoms with E-state index in [2.05, 4.69) is 35.4 Å². The molecule has 0 fully saturated rings. The van der Waals surface area contributed by atoms with Crippen LogP contribution in [0.4, 0.5) is 17.1 Å². The van der Waals surface area contributed by atoms with Gasteiger partial charge in [-0.05, 0) is 63.1 Å². The Morgan fingerprint density at radius 2 is 1.78 bits per heavy atom. The van der Waals surface area contributed by atoms with Crippen molar-refractivity contribution in [1.29, 1.82) is 0 Å². The van der Waals surface area contributed by atoms with Crippen molar-refractivity contribution < 1.29 is 9.53 Å². The summed E-state index contributed by atoms with van der Waals surface area (Å²) in [5.74, 6) is 0.488. The molecule has 0 aliphatic rings. The molecule has 0 spiro atoms. The quantitative estimate of drug-likeness (QED) is 0.676. The van der Waals surface area contributed by atoms with Crippen LogP contribution in [0.3, 0.4) is 0 Å². The minimum atomic E-state index is -0.122. The average Bonchev–Trinajstić information content (AvgIpc) is 2.65. The van der Waals surface area contributed by atoms with Gasteiger partial charge in [-0.25, -0.2) is 0 Å². The molecule has 6 heteroatoms. The first-order valence-electron chi connectivity index (χ1n) is 9.13. The van der Waals surface area contributed by atoms with E-state index in [1.807, 2.05) is 32.0 Å². The Morgan fingerprint density at radius 3 is 2.37 bits per heavy atom. The second kappa shape index (κ2) is 9.51. The van der Waals surface area contributed by atoms with Crippen molar-refractivity contribution in [3.8, 4) is 5.75 Å². The lowest BCUT2D eigenvalue weighted by Gasteiger charge is -2.22. The molecule has 0 heterocycles. The maximum absolute atomic E-state index is 12.4. The molecular formula is C21H28ClN3O2. The molecule has 0 saturated carbocycles. The van der Waals surface area contributed by atoms with E-state index in [9.17, 15) is 4.79 Å². The number of hydrogen-bond donors (Lipinski definition) is 2. The highest BCUT2D eigenvalue weighted by Gasteiger charge is 2.11. The fraction of sp³-hybridized carbons (Fsp3) is 0.381. The molecular weight excluding hydrogens is 362 g/mol. The van der Waals surface area contributed by atoms with Gasteiger partial charge in [0.15, 0.2) is 0 Å². The molecule has 146 valence electrons. The zero-order valence-corrected chi connectivity index (χ0v) is 17.4. The van der Waals surface area contributed by atoms with Crippen LogP contribution in [-0.4, -0.2) is 32.7 Å². The second-order valence-corrected chi connectivity index (χ2v) is 6.78. The van der Waals surface area contributed by atoms with Crippen molar-refractivity contribution in [1.82, 2.24) is 0 Å². The number of benzene rings is 2. The van der Waals surface area contributed by atoms with Crippen LogP contribution in [0.1, 0.15) is 25.0 Å².